The minimum atomic E-state index is 0.366. The van der Waals surface area contributed by atoms with E-state index in [0.717, 1.165) is 32.4 Å². The second kappa shape index (κ2) is 9.35. The van der Waals surface area contributed by atoms with Gasteiger partial charge in [0.1, 0.15) is 0 Å². The van der Waals surface area contributed by atoms with Gasteiger partial charge in [-0.3, -0.25) is 4.79 Å². The molecule has 1 fully saturated rings. The van der Waals surface area contributed by atoms with E-state index >= 15 is 0 Å². The van der Waals surface area contributed by atoms with Crippen molar-refractivity contribution in [3.05, 3.63) is 0 Å². The SMILES string of the molecule is CCC(CCN)CCC(=O)N(CC)C1CCCCC1. The van der Waals surface area contributed by atoms with Crippen LogP contribution in [0.3, 0.4) is 0 Å². The van der Waals surface area contributed by atoms with Crippen LogP contribution in [-0.4, -0.2) is 29.9 Å². The lowest BCUT2D eigenvalue weighted by Crippen LogP contribution is -2.41. The first-order valence-electron chi connectivity index (χ1n) is 8.22. The Labute approximate surface area is 118 Å². The zero-order valence-corrected chi connectivity index (χ0v) is 12.9. The van der Waals surface area contributed by atoms with E-state index in [0.29, 0.717) is 24.3 Å². The van der Waals surface area contributed by atoms with Gasteiger partial charge in [-0.25, -0.2) is 0 Å². The number of rotatable bonds is 8. The zero-order valence-electron chi connectivity index (χ0n) is 12.9. The summed E-state index contributed by atoms with van der Waals surface area (Å²) in [5.74, 6) is 0.990. The molecule has 2 N–H and O–H groups in total. The van der Waals surface area contributed by atoms with Crippen LogP contribution in [-0.2, 0) is 4.79 Å². The van der Waals surface area contributed by atoms with Gasteiger partial charge in [-0.15, -0.1) is 0 Å². The predicted molar refractivity (Wildman–Crippen MR) is 80.9 cm³/mol. The average molecular weight is 268 g/mol. The molecule has 0 radical (unpaired) electrons. The zero-order chi connectivity index (χ0) is 14.1. The molecule has 0 saturated heterocycles. The molecule has 0 aromatic carbocycles. The van der Waals surface area contributed by atoms with Crippen molar-refractivity contribution in [1.82, 2.24) is 4.90 Å². The number of carbonyl (C=O) groups excluding carboxylic acids is 1. The highest BCUT2D eigenvalue weighted by atomic mass is 16.2. The van der Waals surface area contributed by atoms with Crippen LogP contribution in [0.2, 0.25) is 0 Å². The summed E-state index contributed by atoms with van der Waals surface area (Å²) in [5, 5.41) is 0. The van der Waals surface area contributed by atoms with Crippen molar-refractivity contribution in [1.29, 1.82) is 0 Å². The summed E-state index contributed by atoms with van der Waals surface area (Å²) in [6.45, 7) is 5.93. The molecular formula is C16H32N2O. The van der Waals surface area contributed by atoms with Crippen molar-refractivity contribution in [2.24, 2.45) is 11.7 Å². The van der Waals surface area contributed by atoms with Gasteiger partial charge >= 0.3 is 0 Å². The monoisotopic (exact) mass is 268 g/mol. The third-order valence-corrected chi connectivity index (χ3v) is 4.60. The number of nitrogens with zero attached hydrogens (tertiary/aromatic N) is 1. The van der Waals surface area contributed by atoms with Crippen LogP contribution in [0.5, 0.6) is 0 Å². The quantitative estimate of drug-likeness (QED) is 0.734. The Morgan fingerprint density at radius 2 is 1.89 bits per heavy atom. The minimum absolute atomic E-state index is 0.366. The molecule has 0 heterocycles. The normalized spacial score (nSPS) is 18.3. The van der Waals surface area contributed by atoms with Gasteiger partial charge in [-0.2, -0.15) is 0 Å². The molecule has 19 heavy (non-hydrogen) atoms. The molecule has 3 nitrogen and oxygen atoms in total. The van der Waals surface area contributed by atoms with Gasteiger partial charge in [0.25, 0.3) is 0 Å². The molecule has 1 saturated carbocycles. The average Bonchev–Trinajstić information content (AvgIpc) is 2.45. The fourth-order valence-electron chi connectivity index (χ4n) is 3.29. The number of hydrogen-bond acceptors (Lipinski definition) is 2. The van der Waals surface area contributed by atoms with Crippen molar-refractivity contribution in [2.75, 3.05) is 13.1 Å². The molecule has 0 spiro atoms. The molecule has 1 aliphatic carbocycles. The minimum Gasteiger partial charge on any atom is -0.340 e. The number of hydrogen-bond donors (Lipinski definition) is 1. The summed E-state index contributed by atoms with van der Waals surface area (Å²) in [7, 11) is 0. The summed E-state index contributed by atoms with van der Waals surface area (Å²) in [6, 6.07) is 0.515. The third kappa shape index (κ3) is 5.52. The highest BCUT2D eigenvalue weighted by Crippen LogP contribution is 2.24. The fourth-order valence-corrected chi connectivity index (χ4v) is 3.29. The number of amides is 1. The molecule has 1 atom stereocenters. The maximum atomic E-state index is 12.4. The van der Waals surface area contributed by atoms with E-state index in [9.17, 15) is 4.79 Å². The van der Waals surface area contributed by atoms with Crippen LogP contribution in [0, 0.1) is 5.92 Å². The van der Waals surface area contributed by atoms with Gasteiger partial charge < -0.3 is 10.6 Å². The number of carbonyl (C=O) groups is 1. The lowest BCUT2D eigenvalue weighted by molar-refractivity contribution is -0.134. The van der Waals surface area contributed by atoms with E-state index in [1.54, 1.807) is 0 Å². The van der Waals surface area contributed by atoms with Crippen molar-refractivity contribution >= 4 is 5.91 Å². The number of nitrogens with two attached hydrogens (primary N) is 1. The summed E-state index contributed by atoms with van der Waals surface area (Å²) < 4.78 is 0. The van der Waals surface area contributed by atoms with Crippen molar-refractivity contribution in [3.8, 4) is 0 Å². The van der Waals surface area contributed by atoms with Crippen LogP contribution in [0.4, 0.5) is 0 Å². The summed E-state index contributed by atoms with van der Waals surface area (Å²) in [4.78, 5) is 14.5. The topological polar surface area (TPSA) is 46.3 Å². The molecule has 0 aromatic rings. The van der Waals surface area contributed by atoms with Gasteiger partial charge in [0.05, 0.1) is 0 Å². The van der Waals surface area contributed by atoms with Gasteiger partial charge in [0.15, 0.2) is 0 Å². The van der Waals surface area contributed by atoms with E-state index in [4.69, 9.17) is 5.73 Å². The summed E-state index contributed by atoms with van der Waals surface area (Å²) >= 11 is 0. The van der Waals surface area contributed by atoms with Gasteiger partial charge in [0.2, 0.25) is 5.91 Å². The van der Waals surface area contributed by atoms with Crippen LogP contribution >= 0.6 is 0 Å². The van der Waals surface area contributed by atoms with Crippen LogP contribution in [0.25, 0.3) is 0 Å². The lowest BCUT2D eigenvalue weighted by atomic mass is 9.93. The Bertz CT molecular complexity index is 249. The van der Waals surface area contributed by atoms with E-state index in [1.807, 2.05) is 0 Å². The van der Waals surface area contributed by atoms with E-state index in [2.05, 4.69) is 18.7 Å². The Hall–Kier alpha value is -0.570. The molecule has 112 valence electrons. The first-order valence-corrected chi connectivity index (χ1v) is 8.22. The van der Waals surface area contributed by atoms with E-state index < -0.39 is 0 Å². The van der Waals surface area contributed by atoms with Crippen molar-refractivity contribution in [3.63, 3.8) is 0 Å². The first kappa shape index (κ1) is 16.5. The molecule has 0 aromatic heterocycles. The maximum Gasteiger partial charge on any atom is 0.222 e. The molecule has 1 rings (SSSR count). The Balaban J connectivity index is 2.40. The summed E-state index contributed by atoms with van der Waals surface area (Å²) in [6.07, 6.45) is 10.3. The lowest BCUT2D eigenvalue weighted by Gasteiger charge is -2.34. The van der Waals surface area contributed by atoms with Gasteiger partial charge in [-0.1, -0.05) is 32.6 Å². The smallest absolute Gasteiger partial charge is 0.222 e. The van der Waals surface area contributed by atoms with Crippen LogP contribution < -0.4 is 5.73 Å². The second-order valence-electron chi connectivity index (χ2n) is 5.86. The Morgan fingerprint density at radius 3 is 2.42 bits per heavy atom. The maximum absolute atomic E-state index is 12.4. The second-order valence-corrected chi connectivity index (χ2v) is 5.86. The first-order chi connectivity index (χ1) is 9.22. The standard InChI is InChI=1S/C16H32N2O/c1-3-14(12-13-17)10-11-16(19)18(4-2)15-8-6-5-7-9-15/h14-15H,3-13,17H2,1-2H3. The summed E-state index contributed by atoms with van der Waals surface area (Å²) in [5.41, 5.74) is 5.62. The van der Waals surface area contributed by atoms with Gasteiger partial charge in [0, 0.05) is 19.0 Å². The highest BCUT2D eigenvalue weighted by Gasteiger charge is 2.24. The molecule has 1 unspecified atom stereocenters. The Morgan fingerprint density at radius 1 is 1.21 bits per heavy atom. The molecule has 1 aliphatic rings. The molecular weight excluding hydrogens is 236 g/mol. The van der Waals surface area contributed by atoms with E-state index in [-0.39, 0.29) is 0 Å². The fraction of sp³-hybridized carbons (Fsp3) is 0.938. The molecule has 0 aliphatic heterocycles. The molecule has 0 bridgehead atoms. The predicted octanol–water partition coefficient (Wildman–Crippen LogP) is 3.32. The largest absolute Gasteiger partial charge is 0.340 e. The third-order valence-electron chi connectivity index (χ3n) is 4.60. The molecule has 3 heteroatoms. The van der Waals surface area contributed by atoms with Crippen LogP contribution in [0.15, 0.2) is 0 Å². The highest BCUT2D eigenvalue weighted by molar-refractivity contribution is 5.76. The molecule has 1 amide bonds. The van der Waals surface area contributed by atoms with Crippen molar-refractivity contribution in [2.45, 2.75) is 77.7 Å². The van der Waals surface area contributed by atoms with E-state index in [1.165, 1.54) is 32.1 Å². The Kier molecular flexibility index (Phi) is 8.11. The van der Waals surface area contributed by atoms with Crippen LogP contribution in [0.1, 0.15) is 71.6 Å². The van der Waals surface area contributed by atoms with Crippen molar-refractivity contribution < 1.29 is 4.79 Å². The van der Waals surface area contributed by atoms with Gasteiger partial charge in [-0.05, 0) is 45.1 Å².